The Kier molecular flexibility index (Phi) is 6.34. The fraction of sp³-hybridized carbons (Fsp3) is 0.423. The number of para-hydroxylation sites is 3. The highest BCUT2D eigenvalue weighted by molar-refractivity contribution is 5.90. The molecule has 8 nitrogen and oxygen atoms in total. The lowest BCUT2D eigenvalue weighted by Gasteiger charge is -2.33. The molecule has 3 atom stereocenters. The van der Waals surface area contributed by atoms with Crippen LogP contribution in [0.5, 0.6) is 0 Å². The molecule has 0 saturated carbocycles. The number of rotatable bonds is 6. The van der Waals surface area contributed by atoms with Crippen LogP contribution < -0.4 is 10.6 Å². The third-order valence-electron chi connectivity index (χ3n) is 7.34. The molecule has 0 spiro atoms. The topological polar surface area (TPSA) is 82.5 Å². The van der Waals surface area contributed by atoms with Gasteiger partial charge < -0.3 is 15.2 Å². The molecule has 3 heterocycles. The molecule has 2 aliphatic rings. The minimum absolute atomic E-state index is 0.00150. The van der Waals surface area contributed by atoms with Crippen LogP contribution in [0.4, 0.5) is 5.69 Å². The van der Waals surface area contributed by atoms with Crippen molar-refractivity contribution < 1.29 is 9.59 Å². The third kappa shape index (κ3) is 4.43. The Bertz CT molecular complexity index is 1180. The first-order chi connectivity index (χ1) is 16.5. The maximum Gasteiger partial charge on any atom is 0.239 e. The number of aryl methyl sites for hydroxylation is 1. The number of hydrogen-bond donors (Lipinski definition) is 2. The standard InChI is InChI=1S/C26H32N6O2/c1-30-19(12-13-24(33)28-18-8-4-3-5-9-18)16-27-26(34)25-22(30)14-15-32(25)17-23-29-20-10-6-7-11-21(20)31(23)2/h3-11,19,22,25H,12-17H2,1-2H3,(H,27,34)(H,28,33)/t19-,22-,25-/m0/s1. The van der Waals surface area contributed by atoms with Gasteiger partial charge in [0.1, 0.15) is 11.9 Å². The van der Waals surface area contributed by atoms with Crippen molar-refractivity contribution in [3.8, 4) is 0 Å². The molecular weight excluding hydrogens is 428 g/mol. The van der Waals surface area contributed by atoms with Gasteiger partial charge in [-0.2, -0.15) is 0 Å². The van der Waals surface area contributed by atoms with Crippen LogP contribution in [0, 0.1) is 0 Å². The van der Waals surface area contributed by atoms with E-state index in [4.69, 9.17) is 4.98 Å². The summed E-state index contributed by atoms with van der Waals surface area (Å²) in [5.41, 5.74) is 2.89. The first kappa shape index (κ1) is 22.6. The predicted octanol–water partition coefficient (Wildman–Crippen LogP) is 2.37. The highest BCUT2D eigenvalue weighted by Crippen LogP contribution is 2.29. The summed E-state index contributed by atoms with van der Waals surface area (Å²) < 4.78 is 2.12. The molecule has 178 valence electrons. The number of nitrogens with zero attached hydrogens (tertiary/aromatic N) is 4. The molecule has 2 aliphatic heterocycles. The van der Waals surface area contributed by atoms with E-state index < -0.39 is 0 Å². The van der Waals surface area contributed by atoms with Crippen LogP contribution in [0.15, 0.2) is 54.6 Å². The number of carbonyl (C=O) groups is 2. The SMILES string of the molecule is CN1[C@@H](CCC(=O)Nc2ccccc2)CNC(=O)[C@@H]2[C@@H]1CCN2Cc1nc2ccccc2n1C. The van der Waals surface area contributed by atoms with Gasteiger partial charge >= 0.3 is 0 Å². The van der Waals surface area contributed by atoms with Gasteiger partial charge in [0.05, 0.1) is 17.6 Å². The molecule has 0 bridgehead atoms. The second-order valence-corrected chi connectivity index (χ2v) is 9.36. The van der Waals surface area contributed by atoms with E-state index in [1.165, 1.54) is 0 Å². The van der Waals surface area contributed by atoms with Crippen molar-refractivity contribution >= 4 is 28.5 Å². The van der Waals surface area contributed by atoms with E-state index in [2.05, 4.69) is 38.1 Å². The Morgan fingerprint density at radius 1 is 1.12 bits per heavy atom. The van der Waals surface area contributed by atoms with Gasteiger partial charge in [-0.15, -0.1) is 0 Å². The van der Waals surface area contributed by atoms with Crippen LogP contribution in [0.3, 0.4) is 0 Å². The van der Waals surface area contributed by atoms with Crippen LogP contribution in [0.25, 0.3) is 11.0 Å². The molecule has 2 saturated heterocycles. The Hall–Kier alpha value is -3.23. The van der Waals surface area contributed by atoms with Crippen molar-refractivity contribution in [3.63, 3.8) is 0 Å². The number of benzene rings is 2. The number of amides is 2. The second-order valence-electron chi connectivity index (χ2n) is 9.36. The molecule has 2 N–H and O–H groups in total. The summed E-state index contributed by atoms with van der Waals surface area (Å²) in [6.07, 6.45) is 2.04. The van der Waals surface area contributed by atoms with Crippen LogP contribution in [0.1, 0.15) is 25.1 Å². The highest BCUT2D eigenvalue weighted by atomic mass is 16.2. The Balaban J connectivity index is 1.24. The van der Waals surface area contributed by atoms with Crippen LogP contribution >= 0.6 is 0 Å². The number of anilines is 1. The first-order valence-corrected chi connectivity index (χ1v) is 12.0. The van der Waals surface area contributed by atoms with Gasteiger partial charge in [0.15, 0.2) is 0 Å². The minimum Gasteiger partial charge on any atom is -0.353 e. The molecule has 0 aliphatic carbocycles. The van der Waals surface area contributed by atoms with Crippen LogP contribution in [0.2, 0.25) is 0 Å². The van der Waals surface area contributed by atoms with E-state index >= 15 is 0 Å². The summed E-state index contributed by atoms with van der Waals surface area (Å²) in [7, 11) is 4.13. The number of fused-ring (bicyclic) bond motifs is 2. The van der Waals surface area contributed by atoms with E-state index in [0.29, 0.717) is 25.9 Å². The van der Waals surface area contributed by atoms with E-state index in [9.17, 15) is 9.59 Å². The molecule has 3 aromatic rings. The number of hydrogen-bond acceptors (Lipinski definition) is 5. The average molecular weight is 461 g/mol. The van der Waals surface area contributed by atoms with E-state index in [1.54, 1.807) is 0 Å². The quantitative estimate of drug-likeness (QED) is 0.590. The first-order valence-electron chi connectivity index (χ1n) is 12.0. The molecule has 2 fully saturated rings. The number of aromatic nitrogens is 2. The summed E-state index contributed by atoms with van der Waals surface area (Å²) in [5.74, 6) is 1.04. The predicted molar refractivity (Wildman–Crippen MR) is 132 cm³/mol. The van der Waals surface area contributed by atoms with Crippen LogP contribution in [-0.2, 0) is 23.2 Å². The summed E-state index contributed by atoms with van der Waals surface area (Å²) >= 11 is 0. The maximum atomic E-state index is 13.1. The third-order valence-corrected chi connectivity index (χ3v) is 7.34. The van der Waals surface area contributed by atoms with Gasteiger partial charge in [-0.3, -0.25) is 19.4 Å². The zero-order valence-corrected chi connectivity index (χ0v) is 19.8. The highest BCUT2D eigenvalue weighted by Gasteiger charge is 2.45. The molecule has 2 amide bonds. The van der Waals surface area contributed by atoms with Gasteiger partial charge in [-0.25, -0.2) is 4.98 Å². The second kappa shape index (κ2) is 9.56. The molecule has 0 unspecified atom stereocenters. The largest absolute Gasteiger partial charge is 0.353 e. The van der Waals surface area contributed by atoms with Gasteiger partial charge in [-0.1, -0.05) is 30.3 Å². The fourth-order valence-corrected chi connectivity index (χ4v) is 5.39. The lowest BCUT2D eigenvalue weighted by Crippen LogP contribution is -2.49. The molecule has 8 heteroatoms. The number of nitrogens with one attached hydrogen (secondary N) is 2. The summed E-state index contributed by atoms with van der Waals surface area (Å²) in [5, 5.41) is 6.10. The molecule has 5 rings (SSSR count). The molecule has 2 aromatic carbocycles. The van der Waals surface area contributed by atoms with Crippen molar-refractivity contribution in [2.75, 3.05) is 25.5 Å². The van der Waals surface area contributed by atoms with Crippen molar-refractivity contribution in [3.05, 3.63) is 60.4 Å². The van der Waals surface area contributed by atoms with E-state index in [0.717, 1.165) is 35.5 Å². The number of likely N-dealkylation sites (N-methyl/N-ethyl adjacent to an activating group) is 1. The van der Waals surface area contributed by atoms with Crippen LogP contribution in [-0.4, -0.2) is 69.4 Å². The van der Waals surface area contributed by atoms with E-state index in [1.807, 2.05) is 55.6 Å². The smallest absolute Gasteiger partial charge is 0.239 e. The van der Waals surface area contributed by atoms with Gasteiger partial charge in [0.25, 0.3) is 0 Å². The van der Waals surface area contributed by atoms with Gasteiger partial charge in [0.2, 0.25) is 11.8 Å². The maximum absolute atomic E-state index is 13.1. The monoisotopic (exact) mass is 460 g/mol. The summed E-state index contributed by atoms with van der Waals surface area (Å²) in [4.78, 5) is 35.0. The lowest BCUT2D eigenvalue weighted by molar-refractivity contribution is -0.126. The zero-order valence-electron chi connectivity index (χ0n) is 19.8. The summed E-state index contributed by atoms with van der Waals surface area (Å²) in [6, 6.07) is 17.7. The minimum atomic E-state index is -0.215. The fourth-order valence-electron chi connectivity index (χ4n) is 5.39. The number of imidazole rings is 1. The van der Waals surface area contributed by atoms with Crippen molar-refractivity contribution in [1.82, 2.24) is 24.7 Å². The van der Waals surface area contributed by atoms with Crippen molar-refractivity contribution in [2.24, 2.45) is 7.05 Å². The molecular formula is C26H32N6O2. The Labute approximate surface area is 199 Å². The molecule has 1 aromatic heterocycles. The van der Waals surface area contributed by atoms with Crippen molar-refractivity contribution in [1.29, 1.82) is 0 Å². The zero-order chi connectivity index (χ0) is 23.7. The average Bonchev–Trinajstić information content (AvgIpc) is 3.37. The number of likely N-dealkylation sites (tertiary alicyclic amines) is 1. The normalized spacial score (nSPS) is 23.5. The Morgan fingerprint density at radius 3 is 2.68 bits per heavy atom. The molecule has 0 radical (unpaired) electrons. The van der Waals surface area contributed by atoms with Crippen molar-refractivity contribution in [2.45, 2.75) is 43.9 Å². The number of carbonyl (C=O) groups excluding carboxylic acids is 2. The lowest BCUT2D eigenvalue weighted by atomic mass is 10.0. The Morgan fingerprint density at radius 2 is 1.88 bits per heavy atom. The molecule has 34 heavy (non-hydrogen) atoms. The van der Waals surface area contributed by atoms with E-state index in [-0.39, 0.29) is 29.9 Å². The summed E-state index contributed by atoms with van der Waals surface area (Å²) in [6.45, 7) is 2.04. The van der Waals surface area contributed by atoms with Gasteiger partial charge in [-0.05, 0) is 44.2 Å². The van der Waals surface area contributed by atoms with Gasteiger partial charge in [0, 0.05) is 44.3 Å².